The lowest BCUT2D eigenvalue weighted by Gasteiger charge is -2.08. The predicted molar refractivity (Wildman–Crippen MR) is 74.3 cm³/mol. The number of thioether (sulfide) groups is 1. The minimum Gasteiger partial charge on any atom is -0.390 e. The van der Waals surface area contributed by atoms with Gasteiger partial charge in [-0.2, -0.15) is 5.26 Å². The van der Waals surface area contributed by atoms with Crippen LogP contribution in [0.4, 0.5) is 8.78 Å². The Balaban J connectivity index is 2.12. The number of aliphatic hydroxyl groups is 1. The monoisotopic (exact) mass is 309 g/mol. The summed E-state index contributed by atoms with van der Waals surface area (Å²) in [7, 11) is 0. The van der Waals surface area contributed by atoms with E-state index in [1.165, 1.54) is 30.1 Å². The van der Waals surface area contributed by atoms with Gasteiger partial charge in [0, 0.05) is 18.4 Å². The molecule has 0 aliphatic carbocycles. The fourth-order valence-electron chi connectivity index (χ4n) is 1.82. The van der Waals surface area contributed by atoms with E-state index in [1.807, 2.05) is 6.07 Å². The summed E-state index contributed by atoms with van der Waals surface area (Å²) in [5.74, 6) is -0.917. The standard InChI is InChI=1S/C14H13F2N3OS/c15-11-3-2-10(13(16)6-11)9-21-14-18-7-12(8-20)19(14)5-1-4-17/h2-3,6-7,20H,1,5,8-9H2. The van der Waals surface area contributed by atoms with E-state index >= 15 is 0 Å². The molecule has 0 atom stereocenters. The SMILES string of the molecule is N#CCCn1c(CO)cnc1SCc1ccc(F)cc1F. The molecule has 0 amide bonds. The Kier molecular flexibility index (Phi) is 5.31. The molecule has 0 unspecified atom stereocenters. The van der Waals surface area contributed by atoms with Crippen LogP contribution in [0.1, 0.15) is 17.7 Å². The zero-order valence-electron chi connectivity index (χ0n) is 11.1. The van der Waals surface area contributed by atoms with Crippen molar-refractivity contribution in [2.45, 2.75) is 30.5 Å². The van der Waals surface area contributed by atoms with E-state index in [4.69, 9.17) is 5.26 Å². The second-order valence-electron chi connectivity index (χ2n) is 4.27. The summed E-state index contributed by atoms with van der Waals surface area (Å²) in [6, 6.07) is 5.48. The molecule has 110 valence electrons. The van der Waals surface area contributed by atoms with Gasteiger partial charge in [0.2, 0.25) is 0 Å². The van der Waals surface area contributed by atoms with Crippen molar-refractivity contribution in [3.05, 3.63) is 47.3 Å². The van der Waals surface area contributed by atoms with Crippen LogP contribution in [-0.2, 0) is 18.9 Å². The quantitative estimate of drug-likeness (QED) is 0.834. The third kappa shape index (κ3) is 3.80. The molecule has 2 aromatic rings. The number of halogens is 2. The molecule has 2 rings (SSSR count). The first-order chi connectivity index (χ1) is 10.2. The van der Waals surface area contributed by atoms with Gasteiger partial charge in [-0.05, 0) is 11.6 Å². The zero-order chi connectivity index (χ0) is 15.2. The summed E-state index contributed by atoms with van der Waals surface area (Å²) >= 11 is 1.28. The Morgan fingerprint density at radius 2 is 2.19 bits per heavy atom. The Labute approximate surface area is 125 Å². The first-order valence-corrected chi connectivity index (χ1v) is 7.23. The van der Waals surface area contributed by atoms with Crippen molar-refractivity contribution in [3.8, 4) is 6.07 Å². The van der Waals surface area contributed by atoms with Crippen molar-refractivity contribution in [3.63, 3.8) is 0 Å². The lowest BCUT2D eigenvalue weighted by Crippen LogP contribution is -2.04. The molecule has 0 aliphatic heterocycles. The molecule has 0 spiro atoms. The number of aromatic nitrogens is 2. The van der Waals surface area contributed by atoms with Gasteiger partial charge in [0.05, 0.1) is 31.0 Å². The summed E-state index contributed by atoms with van der Waals surface area (Å²) in [6.07, 6.45) is 1.82. The predicted octanol–water partition coefficient (Wildman–Crippen LogP) is 2.86. The highest BCUT2D eigenvalue weighted by atomic mass is 32.2. The summed E-state index contributed by atoms with van der Waals surface area (Å²) in [6.45, 7) is 0.241. The lowest BCUT2D eigenvalue weighted by atomic mass is 10.2. The van der Waals surface area contributed by atoms with E-state index < -0.39 is 11.6 Å². The van der Waals surface area contributed by atoms with Crippen molar-refractivity contribution < 1.29 is 13.9 Å². The molecule has 0 saturated carbocycles. The molecular formula is C14H13F2N3OS. The topological polar surface area (TPSA) is 61.8 Å². The molecule has 0 saturated heterocycles. The van der Waals surface area contributed by atoms with Crippen LogP contribution in [0.15, 0.2) is 29.6 Å². The van der Waals surface area contributed by atoms with Gasteiger partial charge >= 0.3 is 0 Å². The van der Waals surface area contributed by atoms with Crippen LogP contribution in [0.5, 0.6) is 0 Å². The third-order valence-electron chi connectivity index (χ3n) is 2.88. The first-order valence-electron chi connectivity index (χ1n) is 6.24. The van der Waals surface area contributed by atoms with Gasteiger partial charge in [0.25, 0.3) is 0 Å². The molecule has 0 aliphatic rings. The number of aliphatic hydroxyl groups excluding tert-OH is 1. The number of benzene rings is 1. The van der Waals surface area contributed by atoms with Crippen molar-refractivity contribution >= 4 is 11.8 Å². The molecule has 1 N–H and O–H groups in total. The second kappa shape index (κ2) is 7.20. The zero-order valence-corrected chi connectivity index (χ0v) is 11.9. The first kappa shape index (κ1) is 15.5. The van der Waals surface area contributed by atoms with E-state index in [-0.39, 0.29) is 6.61 Å². The maximum Gasteiger partial charge on any atom is 0.168 e. The van der Waals surface area contributed by atoms with E-state index in [1.54, 1.807) is 4.57 Å². The van der Waals surface area contributed by atoms with Crippen molar-refractivity contribution in [2.24, 2.45) is 0 Å². The highest BCUT2D eigenvalue weighted by molar-refractivity contribution is 7.98. The Hall–Kier alpha value is -1.91. The van der Waals surface area contributed by atoms with E-state index in [2.05, 4.69) is 4.98 Å². The highest BCUT2D eigenvalue weighted by Crippen LogP contribution is 2.25. The smallest absolute Gasteiger partial charge is 0.168 e. The van der Waals surface area contributed by atoms with Crippen molar-refractivity contribution in [1.82, 2.24) is 9.55 Å². The van der Waals surface area contributed by atoms with Gasteiger partial charge in [0.15, 0.2) is 5.16 Å². The van der Waals surface area contributed by atoms with Crippen LogP contribution >= 0.6 is 11.8 Å². The molecule has 4 nitrogen and oxygen atoms in total. The average Bonchev–Trinajstić information content (AvgIpc) is 2.86. The molecule has 0 fully saturated rings. The van der Waals surface area contributed by atoms with E-state index in [0.29, 0.717) is 35.1 Å². The second-order valence-corrected chi connectivity index (χ2v) is 5.22. The molecular weight excluding hydrogens is 296 g/mol. The van der Waals surface area contributed by atoms with Gasteiger partial charge in [-0.1, -0.05) is 17.8 Å². The fourth-order valence-corrected chi connectivity index (χ4v) is 2.83. The number of rotatable bonds is 6. The van der Waals surface area contributed by atoms with Gasteiger partial charge in [-0.25, -0.2) is 13.8 Å². The number of nitriles is 1. The van der Waals surface area contributed by atoms with Crippen LogP contribution in [0.3, 0.4) is 0 Å². The number of hydrogen-bond donors (Lipinski definition) is 1. The Morgan fingerprint density at radius 3 is 2.86 bits per heavy atom. The molecule has 21 heavy (non-hydrogen) atoms. The van der Waals surface area contributed by atoms with Crippen LogP contribution in [-0.4, -0.2) is 14.7 Å². The molecule has 7 heteroatoms. The fraction of sp³-hybridized carbons (Fsp3) is 0.286. The summed E-state index contributed by atoms with van der Waals surface area (Å²) in [5, 5.41) is 18.5. The lowest BCUT2D eigenvalue weighted by molar-refractivity contribution is 0.269. The van der Waals surface area contributed by atoms with Gasteiger partial charge in [-0.15, -0.1) is 0 Å². The van der Waals surface area contributed by atoms with Crippen molar-refractivity contribution in [1.29, 1.82) is 5.26 Å². The van der Waals surface area contributed by atoms with Crippen LogP contribution in [0.2, 0.25) is 0 Å². The van der Waals surface area contributed by atoms with E-state index in [0.717, 1.165) is 6.07 Å². The highest BCUT2D eigenvalue weighted by Gasteiger charge is 2.11. The number of nitrogens with zero attached hydrogens (tertiary/aromatic N) is 3. The molecule has 0 bridgehead atoms. The summed E-state index contributed by atoms with van der Waals surface area (Å²) in [4.78, 5) is 4.16. The summed E-state index contributed by atoms with van der Waals surface area (Å²) < 4.78 is 28.1. The van der Waals surface area contributed by atoms with Crippen molar-refractivity contribution in [2.75, 3.05) is 0 Å². The number of imidazole rings is 1. The molecule has 1 aromatic carbocycles. The molecule has 1 aromatic heterocycles. The molecule has 0 radical (unpaired) electrons. The van der Waals surface area contributed by atoms with Crippen LogP contribution in [0, 0.1) is 23.0 Å². The normalized spacial score (nSPS) is 10.6. The summed E-state index contributed by atoms with van der Waals surface area (Å²) in [5.41, 5.74) is 0.981. The Bertz CT molecular complexity index is 667. The molecule has 1 heterocycles. The Morgan fingerprint density at radius 1 is 1.38 bits per heavy atom. The minimum atomic E-state index is -0.612. The largest absolute Gasteiger partial charge is 0.390 e. The number of hydrogen-bond acceptors (Lipinski definition) is 4. The maximum atomic E-state index is 13.6. The average molecular weight is 309 g/mol. The van der Waals surface area contributed by atoms with Gasteiger partial charge < -0.3 is 9.67 Å². The maximum absolute atomic E-state index is 13.6. The minimum absolute atomic E-state index is 0.177. The van der Waals surface area contributed by atoms with Gasteiger partial charge in [0.1, 0.15) is 11.6 Å². The van der Waals surface area contributed by atoms with Crippen LogP contribution in [0.25, 0.3) is 0 Å². The van der Waals surface area contributed by atoms with Crippen LogP contribution < -0.4 is 0 Å². The van der Waals surface area contributed by atoms with Gasteiger partial charge in [-0.3, -0.25) is 0 Å². The van der Waals surface area contributed by atoms with E-state index in [9.17, 15) is 13.9 Å². The third-order valence-corrected chi connectivity index (χ3v) is 3.92.